The van der Waals surface area contributed by atoms with E-state index in [1.807, 2.05) is 0 Å². The lowest BCUT2D eigenvalue weighted by atomic mass is 10.4. The van der Waals surface area contributed by atoms with E-state index in [0.717, 1.165) is 13.1 Å². The highest BCUT2D eigenvalue weighted by Gasteiger charge is 1.94. The number of nitrogens with zero attached hydrogens (tertiary/aromatic N) is 1. The Morgan fingerprint density at radius 2 is 1.64 bits per heavy atom. The lowest BCUT2D eigenvalue weighted by Crippen LogP contribution is -2.11. The molecule has 0 atom stereocenters. The fraction of sp³-hybridized carbons (Fsp3) is 0.778. The molecular weight excluding hydrogens is 136 g/mol. The van der Waals surface area contributed by atoms with Crippen molar-refractivity contribution in [2.45, 2.75) is 12.8 Å². The van der Waals surface area contributed by atoms with Crippen LogP contribution in [0.15, 0.2) is 12.2 Å². The van der Waals surface area contributed by atoms with E-state index in [1.165, 1.54) is 25.9 Å². The Morgan fingerprint density at radius 3 is 1.82 bits per heavy atom. The molecule has 2 heterocycles. The van der Waals surface area contributed by atoms with Gasteiger partial charge in [-0.25, -0.2) is 0 Å². The third-order valence-electron chi connectivity index (χ3n) is 1.96. The maximum Gasteiger partial charge on any atom is 0.0163 e. The molecule has 0 bridgehead atoms. The van der Waals surface area contributed by atoms with E-state index in [4.69, 9.17) is 0 Å². The van der Waals surface area contributed by atoms with Crippen molar-refractivity contribution in [2.75, 3.05) is 33.2 Å². The second-order valence-corrected chi connectivity index (χ2v) is 3.15. The molecule has 1 N–H and O–H groups in total. The van der Waals surface area contributed by atoms with E-state index in [2.05, 4.69) is 29.4 Å². The molecule has 0 radical (unpaired) electrons. The van der Waals surface area contributed by atoms with Gasteiger partial charge in [-0.2, -0.15) is 0 Å². The third-order valence-corrected chi connectivity index (χ3v) is 1.96. The average Bonchev–Trinajstić information content (AvgIpc) is 2.57. The van der Waals surface area contributed by atoms with Gasteiger partial charge in [0.05, 0.1) is 0 Å². The van der Waals surface area contributed by atoms with Crippen LogP contribution in [0.4, 0.5) is 0 Å². The van der Waals surface area contributed by atoms with Crippen LogP contribution in [0.3, 0.4) is 0 Å². The van der Waals surface area contributed by atoms with Gasteiger partial charge in [-0.15, -0.1) is 0 Å². The largest absolute Gasteiger partial charge is 0.317 e. The molecule has 2 rings (SSSR count). The summed E-state index contributed by atoms with van der Waals surface area (Å²) in [6.45, 7) is 4.78. The number of hydrogen-bond acceptors (Lipinski definition) is 2. The summed E-state index contributed by atoms with van der Waals surface area (Å²) >= 11 is 0. The summed E-state index contributed by atoms with van der Waals surface area (Å²) in [7, 11) is 2.11. The van der Waals surface area contributed by atoms with Crippen molar-refractivity contribution in [3.8, 4) is 0 Å². The molecule has 0 aliphatic carbocycles. The molecular formula is C9H18N2. The van der Waals surface area contributed by atoms with Crippen LogP contribution < -0.4 is 5.32 Å². The van der Waals surface area contributed by atoms with Crippen molar-refractivity contribution in [1.82, 2.24) is 10.2 Å². The summed E-state index contributed by atoms with van der Waals surface area (Å²) in [5.41, 5.74) is 0. The van der Waals surface area contributed by atoms with Gasteiger partial charge in [0.15, 0.2) is 0 Å². The van der Waals surface area contributed by atoms with Crippen LogP contribution in [-0.2, 0) is 0 Å². The first-order valence-electron chi connectivity index (χ1n) is 4.44. The van der Waals surface area contributed by atoms with E-state index in [-0.39, 0.29) is 0 Å². The fourth-order valence-corrected chi connectivity index (χ4v) is 1.21. The monoisotopic (exact) mass is 154 g/mol. The summed E-state index contributed by atoms with van der Waals surface area (Å²) in [5.74, 6) is 0. The quantitative estimate of drug-likeness (QED) is 0.521. The first-order valence-corrected chi connectivity index (χ1v) is 4.44. The maximum atomic E-state index is 3.22. The van der Waals surface area contributed by atoms with Crippen LogP contribution in [0.25, 0.3) is 0 Å². The number of nitrogens with one attached hydrogen (secondary N) is 1. The SMILES string of the molecule is C1CCNC1.CN1CC=CC1. The Bertz CT molecular complexity index is 101. The molecule has 1 fully saturated rings. The van der Waals surface area contributed by atoms with Gasteiger partial charge in [-0.1, -0.05) is 12.2 Å². The Balaban J connectivity index is 0.000000112. The summed E-state index contributed by atoms with van der Waals surface area (Å²) in [6, 6.07) is 0. The molecule has 2 aliphatic rings. The first kappa shape index (κ1) is 8.75. The van der Waals surface area contributed by atoms with Gasteiger partial charge < -0.3 is 5.32 Å². The fourth-order valence-electron chi connectivity index (χ4n) is 1.21. The highest BCUT2D eigenvalue weighted by atomic mass is 15.1. The zero-order chi connectivity index (χ0) is 7.94. The predicted octanol–water partition coefficient (Wildman–Crippen LogP) is 0.858. The van der Waals surface area contributed by atoms with Crippen LogP contribution in [0.5, 0.6) is 0 Å². The Morgan fingerprint density at radius 1 is 1.09 bits per heavy atom. The van der Waals surface area contributed by atoms with E-state index in [9.17, 15) is 0 Å². The molecule has 2 aliphatic heterocycles. The van der Waals surface area contributed by atoms with Crippen molar-refractivity contribution in [1.29, 1.82) is 0 Å². The van der Waals surface area contributed by atoms with Crippen molar-refractivity contribution < 1.29 is 0 Å². The van der Waals surface area contributed by atoms with Crippen molar-refractivity contribution in [2.24, 2.45) is 0 Å². The molecule has 64 valence electrons. The van der Waals surface area contributed by atoms with Crippen molar-refractivity contribution in [3.63, 3.8) is 0 Å². The van der Waals surface area contributed by atoms with Crippen molar-refractivity contribution in [3.05, 3.63) is 12.2 Å². The Labute approximate surface area is 69.3 Å². The second-order valence-electron chi connectivity index (χ2n) is 3.15. The minimum absolute atomic E-state index is 1.14. The van der Waals surface area contributed by atoms with E-state index in [1.54, 1.807) is 0 Å². The number of rotatable bonds is 0. The molecule has 2 nitrogen and oxygen atoms in total. The van der Waals surface area contributed by atoms with Gasteiger partial charge in [0.1, 0.15) is 0 Å². The number of hydrogen-bond donors (Lipinski definition) is 1. The highest BCUT2D eigenvalue weighted by molar-refractivity contribution is 4.93. The van der Waals surface area contributed by atoms with Gasteiger partial charge >= 0.3 is 0 Å². The Hall–Kier alpha value is -0.340. The molecule has 11 heavy (non-hydrogen) atoms. The van der Waals surface area contributed by atoms with Gasteiger partial charge in [-0.3, -0.25) is 4.90 Å². The van der Waals surface area contributed by atoms with Crippen molar-refractivity contribution >= 4 is 0 Å². The molecule has 1 saturated heterocycles. The van der Waals surface area contributed by atoms with Gasteiger partial charge in [0.25, 0.3) is 0 Å². The average molecular weight is 154 g/mol. The van der Waals surface area contributed by atoms with Gasteiger partial charge in [0.2, 0.25) is 0 Å². The molecule has 0 aromatic heterocycles. The summed E-state index contributed by atoms with van der Waals surface area (Å²) < 4.78 is 0. The second kappa shape index (κ2) is 5.33. The smallest absolute Gasteiger partial charge is 0.0163 e. The predicted molar refractivity (Wildman–Crippen MR) is 48.7 cm³/mol. The summed E-state index contributed by atoms with van der Waals surface area (Å²) in [6.07, 6.45) is 7.14. The van der Waals surface area contributed by atoms with E-state index >= 15 is 0 Å². The standard InChI is InChI=1S/C5H9N.C4H9N/c1-6-4-2-3-5-6;1-2-4-5-3-1/h2-3H,4-5H2,1H3;5H,1-4H2. The summed E-state index contributed by atoms with van der Waals surface area (Å²) in [4.78, 5) is 2.25. The van der Waals surface area contributed by atoms with E-state index in [0.29, 0.717) is 0 Å². The molecule has 0 amide bonds. The maximum absolute atomic E-state index is 3.22. The number of likely N-dealkylation sites (N-methyl/N-ethyl adjacent to an activating group) is 1. The lowest BCUT2D eigenvalue weighted by molar-refractivity contribution is 0.435. The molecule has 0 spiro atoms. The zero-order valence-electron chi connectivity index (χ0n) is 7.34. The van der Waals surface area contributed by atoms with Crippen LogP contribution in [-0.4, -0.2) is 38.1 Å². The van der Waals surface area contributed by atoms with Crippen LogP contribution in [0.2, 0.25) is 0 Å². The topological polar surface area (TPSA) is 15.3 Å². The lowest BCUT2D eigenvalue weighted by Gasteiger charge is -2.01. The molecule has 0 aromatic rings. The summed E-state index contributed by atoms with van der Waals surface area (Å²) in [5, 5.41) is 3.22. The molecule has 0 aromatic carbocycles. The van der Waals surface area contributed by atoms with Gasteiger partial charge in [-0.05, 0) is 33.0 Å². The van der Waals surface area contributed by atoms with Crippen LogP contribution in [0, 0.1) is 0 Å². The third kappa shape index (κ3) is 4.17. The minimum atomic E-state index is 1.14. The van der Waals surface area contributed by atoms with E-state index < -0.39 is 0 Å². The zero-order valence-corrected chi connectivity index (χ0v) is 7.34. The molecule has 0 unspecified atom stereocenters. The normalized spacial score (nSPS) is 23.4. The van der Waals surface area contributed by atoms with Gasteiger partial charge in [0, 0.05) is 13.1 Å². The molecule has 2 heteroatoms. The minimum Gasteiger partial charge on any atom is -0.317 e. The highest BCUT2D eigenvalue weighted by Crippen LogP contribution is 1.91. The van der Waals surface area contributed by atoms with Crippen LogP contribution in [0.1, 0.15) is 12.8 Å². The first-order chi connectivity index (χ1) is 5.39. The van der Waals surface area contributed by atoms with Crippen LogP contribution >= 0.6 is 0 Å². The Kier molecular flexibility index (Phi) is 4.24. The molecule has 0 saturated carbocycles.